The van der Waals surface area contributed by atoms with E-state index in [-0.39, 0.29) is 25.0 Å². The van der Waals surface area contributed by atoms with E-state index in [1.165, 1.54) is 20.8 Å². The smallest absolute Gasteiger partial charge is 0.311 e. The van der Waals surface area contributed by atoms with E-state index in [2.05, 4.69) is 5.32 Å². The monoisotopic (exact) mass is 563 g/mol. The zero-order chi connectivity index (χ0) is 30.0. The van der Waals surface area contributed by atoms with Crippen molar-refractivity contribution in [3.05, 3.63) is 0 Å². The van der Waals surface area contributed by atoms with E-state index < -0.39 is 83.8 Å². The first-order valence-corrected chi connectivity index (χ1v) is 14.3. The molecule has 0 aromatic heterocycles. The second kappa shape index (κ2) is 13.4. The van der Waals surface area contributed by atoms with E-state index in [0.29, 0.717) is 6.42 Å². The molecule has 39 heavy (non-hydrogen) atoms. The Kier molecular flexibility index (Phi) is 11.8. The minimum absolute atomic E-state index is 0.0149. The van der Waals surface area contributed by atoms with Gasteiger partial charge in [-0.15, -0.1) is 0 Å². The fourth-order valence-corrected chi connectivity index (χ4v) is 6.39. The molecule has 2 saturated heterocycles. The highest BCUT2D eigenvalue weighted by Gasteiger charge is 2.51. The number of nitrogens with one attached hydrogen (secondary N) is 1. The van der Waals surface area contributed by atoms with Crippen LogP contribution in [0.4, 0.5) is 0 Å². The first kappa shape index (κ1) is 34.3. The number of aliphatic hydroxyl groups excluding tert-OH is 4. The van der Waals surface area contributed by atoms with E-state index in [1.807, 2.05) is 6.92 Å². The number of carbonyl (C=O) groups is 1. The summed E-state index contributed by atoms with van der Waals surface area (Å²) in [5.41, 5.74) is -3.55. The van der Waals surface area contributed by atoms with Crippen molar-refractivity contribution in [2.75, 3.05) is 7.05 Å². The van der Waals surface area contributed by atoms with Gasteiger partial charge in [-0.05, 0) is 59.9 Å². The van der Waals surface area contributed by atoms with Gasteiger partial charge in [0.1, 0.15) is 17.8 Å². The van der Waals surface area contributed by atoms with Gasteiger partial charge >= 0.3 is 5.97 Å². The van der Waals surface area contributed by atoms with Crippen molar-refractivity contribution in [2.45, 2.75) is 141 Å². The van der Waals surface area contributed by atoms with Crippen molar-refractivity contribution in [2.24, 2.45) is 23.7 Å². The fraction of sp³-hybridized carbons (Fsp3) is 0.964. The highest BCUT2D eigenvalue weighted by Crippen LogP contribution is 2.38. The molecule has 2 heterocycles. The molecule has 0 aliphatic carbocycles. The first-order valence-electron chi connectivity index (χ1n) is 14.3. The Morgan fingerprint density at radius 3 is 2.10 bits per heavy atom. The van der Waals surface area contributed by atoms with Crippen molar-refractivity contribution < 1.29 is 49.6 Å². The van der Waals surface area contributed by atoms with Gasteiger partial charge in [0.15, 0.2) is 6.29 Å². The predicted molar refractivity (Wildman–Crippen MR) is 143 cm³/mol. The number of hydrogen-bond acceptors (Lipinski definition) is 11. The summed E-state index contributed by atoms with van der Waals surface area (Å²) in [5, 5.41) is 70.5. The van der Waals surface area contributed by atoms with Gasteiger partial charge in [0, 0.05) is 17.9 Å². The number of likely N-dealkylation sites (N-methyl/N-ethyl adjacent to an activating group) is 1. The summed E-state index contributed by atoms with van der Waals surface area (Å²) < 4.78 is 17.7. The van der Waals surface area contributed by atoms with Gasteiger partial charge in [0.25, 0.3) is 0 Å². The molecule has 0 bridgehead atoms. The Morgan fingerprint density at radius 1 is 0.974 bits per heavy atom. The summed E-state index contributed by atoms with van der Waals surface area (Å²) in [6, 6.07) is -0.321. The maximum absolute atomic E-state index is 13.1. The van der Waals surface area contributed by atoms with Crippen molar-refractivity contribution in [1.82, 2.24) is 5.32 Å². The van der Waals surface area contributed by atoms with Crippen molar-refractivity contribution in [3.8, 4) is 0 Å². The highest BCUT2D eigenvalue weighted by molar-refractivity contribution is 5.73. The maximum atomic E-state index is 13.1. The molecular weight excluding hydrogens is 510 g/mol. The Hall–Kier alpha value is -0.890. The quantitative estimate of drug-likeness (QED) is 0.234. The summed E-state index contributed by atoms with van der Waals surface area (Å²) in [4.78, 5) is 13.1. The van der Waals surface area contributed by atoms with E-state index in [4.69, 9.17) is 14.2 Å². The van der Waals surface area contributed by atoms with Crippen molar-refractivity contribution >= 4 is 5.97 Å². The standard InChI is InChI=1S/C28H53NO10/c1-10-19-28(8,36)23(33)15(4)20(30)13(2)12-27(7,35)24(16(5)21(31)17(6)25(34)38-19)39-26-22(32)18(29-9)11-14(3)37-26/h13-24,26,29-33,35-36H,10-12H2,1-9H3/t13-,14+,15-,16-,17+,18-,19+,20-,21-,22-,23+,24-,26?,27+,28+/m0/s1. The molecule has 0 amide bonds. The zero-order valence-electron chi connectivity index (χ0n) is 24.9. The number of aliphatic hydroxyl groups is 6. The lowest BCUT2D eigenvalue weighted by atomic mass is 9.73. The van der Waals surface area contributed by atoms with Crippen molar-refractivity contribution in [1.29, 1.82) is 0 Å². The lowest BCUT2D eigenvalue weighted by Gasteiger charge is -2.47. The van der Waals surface area contributed by atoms with Crippen LogP contribution in [0.1, 0.15) is 74.7 Å². The lowest BCUT2D eigenvalue weighted by molar-refractivity contribution is -0.295. The highest BCUT2D eigenvalue weighted by atomic mass is 16.7. The Balaban J connectivity index is 2.53. The molecule has 0 saturated carbocycles. The number of ether oxygens (including phenoxy) is 3. The molecule has 15 atom stereocenters. The number of carbonyl (C=O) groups excluding carboxylic acids is 1. The third kappa shape index (κ3) is 7.50. The average Bonchev–Trinajstić information content (AvgIpc) is 2.87. The summed E-state index contributed by atoms with van der Waals surface area (Å²) in [6.07, 6.45) is -7.91. The van der Waals surface area contributed by atoms with E-state index in [9.17, 15) is 35.4 Å². The normalized spacial score (nSPS) is 51.2. The number of hydrogen-bond donors (Lipinski definition) is 7. The van der Waals surface area contributed by atoms with Crippen LogP contribution >= 0.6 is 0 Å². The Bertz CT molecular complexity index is 794. The van der Waals surface area contributed by atoms with Gasteiger partial charge in [-0.3, -0.25) is 4.79 Å². The molecule has 1 unspecified atom stereocenters. The third-order valence-corrected chi connectivity index (χ3v) is 9.04. The molecule has 7 N–H and O–H groups in total. The van der Waals surface area contributed by atoms with Crippen LogP contribution < -0.4 is 5.32 Å². The van der Waals surface area contributed by atoms with Crippen LogP contribution in [0.25, 0.3) is 0 Å². The Morgan fingerprint density at radius 2 is 1.56 bits per heavy atom. The van der Waals surface area contributed by atoms with Crippen molar-refractivity contribution in [3.63, 3.8) is 0 Å². The average molecular weight is 564 g/mol. The molecule has 0 aromatic carbocycles. The summed E-state index contributed by atoms with van der Waals surface area (Å²) in [5.74, 6) is -4.14. The zero-order valence-corrected chi connectivity index (χ0v) is 24.9. The van der Waals surface area contributed by atoms with Crippen LogP contribution in [0.5, 0.6) is 0 Å². The SMILES string of the molecule is CC[C@H]1OC(=O)[C@H](C)[C@@H](O)[C@H](C)[C@H](OC2O[C@H](C)C[C@H](NC)[C@@H]2O)[C@](C)(O)C[C@H](C)[C@H](O)[C@H](C)[C@@H](O)[C@]1(C)O. The minimum Gasteiger partial charge on any atom is -0.459 e. The van der Waals surface area contributed by atoms with Crippen LogP contribution in [-0.2, 0) is 19.0 Å². The van der Waals surface area contributed by atoms with E-state index in [0.717, 1.165) is 0 Å². The molecular formula is C28H53NO10. The van der Waals surface area contributed by atoms with Gasteiger partial charge in [-0.1, -0.05) is 27.7 Å². The van der Waals surface area contributed by atoms with Gasteiger partial charge in [0.05, 0.1) is 42.0 Å². The molecule has 230 valence electrons. The molecule has 2 fully saturated rings. The summed E-state index contributed by atoms with van der Waals surface area (Å²) >= 11 is 0. The molecule has 2 rings (SSSR count). The topological polar surface area (TPSA) is 178 Å². The largest absolute Gasteiger partial charge is 0.459 e. The number of esters is 1. The summed E-state index contributed by atoms with van der Waals surface area (Å²) in [7, 11) is 1.72. The van der Waals surface area contributed by atoms with Crippen LogP contribution in [0, 0.1) is 23.7 Å². The third-order valence-electron chi connectivity index (χ3n) is 9.04. The number of cyclic esters (lactones) is 1. The second-order valence-electron chi connectivity index (χ2n) is 12.5. The van der Waals surface area contributed by atoms with Crippen LogP contribution in [0.3, 0.4) is 0 Å². The maximum Gasteiger partial charge on any atom is 0.311 e. The Labute approximate surface area is 232 Å². The molecule has 2 aliphatic heterocycles. The summed E-state index contributed by atoms with van der Waals surface area (Å²) in [6.45, 7) is 12.8. The van der Waals surface area contributed by atoms with E-state index >= 15 is 0 Å². The molecule has 11 heteroatoms. The van der Waals surface area contributed by atoms with Gasteiger partial charge < -0.3 is 50.2 Å². The minimum atomic E-state index is -1.88. The predicted octanol–water partition coefficient (Wildman–Crippen LogP) is 0.310. The molecule has 2 aliphatic rings. The lowest BCUT2D eigenvalue weighted by Crippen LogP contribution is -2.60. The van der Waals surface area contributed by atoms with Gasteiger partial charge in [-0.25, -0.2) is 0 Å². The van der Waals surface area contributed by atoms with E-state index in [1.54, 1.807) is 34.7 Å². The van der Waals surface area contributed by atoms with Gasteiger partial charge in [-0.2, -0.15) is 0 Å². The molecule has 0 spiro atoms. The molecule has 0 radical (unpaired) electrons. The van der Waals surface area contributed by atoms with Crippen LogP contribution in [-0.4, -0.2) is 110 Å². The van der Waals surface area contributed by atoms with Gasteiger partial charge in [0.2, 0.25) is 0 Å². The first-order chi connectivity index (χ1) is 17.9. The number of rotatable bonds is 4. The van der Waals surface area contributed by atoms with Crippen LogP contribution in [0.2, 0.25) is 0 Å². The second-order valence-corrected chi connectivity index (χ2v) is 12.5. The molecule has 0 aromatic rings. The fourth-order valence-electron chi connectivity index (χ4n) is 6.39. The molecule has 11 nitrogen and oxygen atoms in total. The van der Waals surface area contributed by atoms with Crippen LogP contribution in [0.15, 0.2) is 0 Å².